The average molecular weight is 539 g/mol. The molecule has 0 bridgehead atoms. The molecule has 0 aliphatic heterocycles. The Bertz CT molecular complexity index is 1290. The average Bonchev–Trinajstić information content (AvgIpc) is 2.90. The van der Waals surface area contributed by atoms with Crippen LogP contribution in [0.15, 0.2) is 83.8 Å². The molecule has 196 valence electrons. The Hall–Kier alpha value is -2.67. The van der Waals surface area contributed by atoms with E-state index in [1.807, 2.05) is 38.1 Å². The van der Waals surface area contributed by atoms with E-state index in [1.54, 1.807) is 34.6 Å². The number of halogens is 1. The predicted molar refractivity (Wildman–Crippen MR) is 149 cm³/mol. The van der Waals surface area contributed by atoms with E-state index < -0.39 is 10.0 Å². The summed E-state index contributed by atoms with van der Waals surface area (Å²) in [4.78, 5) is 13.2. The lowest BCUT2D eigenvalue weighted by Crippen LogP contribution is -2.39. The van der Waals surface area contributed by atoms with Gasteiger partial charge in [-0.3, -0.25) is 4.79 Å². The van der Waals surface area contributed by atoms with Gasteiger partial charge >= 0.3 is 0 Å². The maximum Gasteiger partial charge on any atom is 0.243 e. The summed E-state index contributed by atoms with van der Waals surface area (Å²) in [5.74, 6) is 0.211. The highest BCUT2D eigenvalue weighted by Crippen LogP contribution is 2.32. The molecule has 0 saturated heterocycles. The number of sulfonamides is 1. The highest BCUT2D eigenvalue weighted by atomic mass is 35.5. The van der Waals surface area contributed by atoms with E-state index in [1.165, 1.54) is 5.56 Å². The molecule has 0 spiro atoms. The Labute approximate surface area is 225 Å². The smallest absolute Gasteiger partial charge is 0.243 e. The van der Waals surface area contributed by atoms with Crippen LogP contribution in [-0.4, -0.2) is 25.2 Å². The summed E-state index contributed by atoms with van der Waals surface area (Å²) in [6, 6.07) is 24.1. The predicted octanol–water partition coefficient (Wildman–Crippen LogP) is 6.52. The number of carbonyl (C=O) groups excluding carboxylic acids is 1. The van der Waals surface area contributed by atoms with Crippen LogP contribution in [0.3, 0.4) is 0 Å². The first kappa shape index (κ1) is 27.4. The molecule has 0 radical (unpaired) electrons. The highest BCUT2D eigenvalue weighted by Gasteiger charge is 2.32. The summed E-state index contributed by atoms with van der Waals surface area (Å²) < 4.78 is 28.7. The minimum absolute atomic E-state index is 0.0482. The van der Waals surface area contributed by atoms with Gasteiger partial charge in [-0.25, -0.2) is 8.42 Å². The summed E-state index contributed by atoms with van der Waals surface area (Å²) in [5, 5.41) is 3.72. The molecule has 1 aliphatic carbocycles. The quantitative estimate of drug-likeness (QED) is 0.337. The molecule has 0 heterocycles. The van der Waals surface area contributed by atoms with Crippen molar-refractivity contribution in [1.29, 1.82) is 0 Å². The first-order chi connectivity index (χ1) is 17.7. The van der Waals surface area contributed by atoms with Gasteiger partial charge in [0.05, 0.1) is 10.9 Å². The van der Waals surface area contributed by atoms with Crippen LogP contribution in [0, 0.1) is 18.8 Å². The van der Waals surface area contributed by atoms with E-state index in [2.05, 4.69) is 29.6 Å². The van der Waals surface area contributed by atoms with Gasteiger partial charge in [0, 0.05) is 24.0 Å². The fraction of sp³-hybridized carbons (Fsp3) is 0.367. The highest BCUT2D eigenvalue weighted by molar-refractivity contribution is 7.89. The van der Waals surface area contributed by atoms with Crippen molar-refractivity contribution in [3.63, 3.8) is 0 Å². The van der Waals surface area contributed by atoms with E-state index in [0.29, 0.717) is 11.6 Å². The van der Waals surface area contributed by atoms with E-state index in [0.717, 1.165) is 36.8 Å². The van der Waals surface area contributed by atoms with Gasteiger partial charge in [-0.15, -0.1) is 0 Å². The summed E-state index contributed by atoms with van der Waals surface area (Å²) in [6.45, 7) is 4.67. The molecule has 3 aromatic rings. The molecule has 3 aromatic carbocycles. The van der Waals surface area contributed by atoms with Crippen LogP contribution in [0.25, 0.3) is 0 Å². The van der Waals surface area contributed by atoms with Gasteiger partial charge in [-0.2, -0.15) is 4.31 Å². The molecule has 0 aromatic heterocycles. The Kier molecular flexibility index (Phi) is 9.06. The molecule has 7 heteroatoms. The number of hydrogen-bond acceptors (Lipinski definition) is 3. The van der Waals surface area contributed by atoms with Crippen molar-refractivity contribution in [2.75, 3.05) is 6.54 Å². The maximum atomic E-state index is 13.6. The molecule has 1 atom stereocenters. The molecule has 1 N–H and O–H groups in total. The second kappa shape index (κ2) is 12.2. The number of benzene rings is 3. The van der Waals surface area contributed by atoms with Gasteiger partial charge in [-0.1, -0.05) is 77.8 Å². The van der Waals surface area contributed by atoms with Crippen LogP contribution >= 0.6 is 11.6 Å². The van der Waals surface area contributed by atoms with Gasteiger partial charge in [0.2, 0.25) is 15.9 Å². The minimum Gasteiger partial charge on any atom is -0.349 e. The third kappa shape index (κ3) is 7.01. The van der Waals surface area contributed by atoms with Crippen molar-refractivity contribution < 1.29 is 13.2 Å². The monoisotopic (exact) mass is 538 g/mol. The molecule has 37 heavy (non-hydrogen) atoms. The van der Waals surface area contributed by atoms with Crippen molar-refractivity contribution >= 4 is 27.5 Å². The first-order valence-corrected chi connectivity index (χ1v) is 14.7. The lowest BCUT2D eigenvalue weighted by Gasteiger charge is -2.32. The fourth-order valence-corrected chi connectivity index (χ4v) is 6.68. The van der Waals surface area contributed by atoms with E-state index in [9.17, 15) is 13.2 Å². The van der Waals surface area contributed by atoms with Crippen LogP contribution in [0.1, 0.15) is 55.3 Å². The van der Waals surface area contributed by atoms with Crippen molar-refractivity contribution in [3.05, 3.63) is 101 Å². The number of nitrogens with zero attached hydrogens (tertiary/aromatic N) is 1. The lowest BCUT2D eigenvalue weighted by molar-refractivity contribution is -0.126. The van der Waals surface area contributed by atoms with Crippen LogP contribution in [0.2, 0.25) is 5.02 Å². The largest absolute Gasteiger partial charge is 0.349 e. The number of hydrogen-bond donors (Lipinski definition) is 1. The standard InChI is InChI=1S/C30H35ClN2O3S/c1-22-12-16-25(17-13-22)23(2)32-30(34)26-18-14-24(15-19-26)20-33(21-27-8-6-7-11-29(27)31)37(35,36)28-9-4-3-5-10-28/h3-13,16-17,23-24,26H,14-15,18-21H2,1-2H3,(H,32,34)/t23-,24?,26?/m0/s1. The number of amides is 1. The van der Waals surface area contributed by atoms with Gasteiger partial charge in [-0.05, 0) is 74.8 Å². The lowest BCUT2D eigenvalue weighted by atomic mass is 9.81. The number of aryl methyl sites for hydroxylation is 1. The zero-order valence-corrected chi connectivity index (χ0v) is 23.0. The Morgan fingerprint density at radius 3 is 2.22 bits per heavy atom. The molecule has 1 amide bonds. The molecular weight excluding hydrogens is 504 g/mol. The van der Waals surface area contributed by atoms with Crippen LogP contribution in [0.4, 0.5) is 0 Å². The Morgan fingerprint density at radius 2 is 1.57 bits per heavy atom. The second-order valence-electron chi connectivity index (χ2n) is 10.1. The fourth-order valence-electron chi connectivity index (χ4n) is 4.97. The summed E-state index contributed by atoms with van der Waals surface area (Å²) >= 11 is 6.39. The molecule has 5 nitrogen and oxygen atoms in total. The summed E-state index contributed by atoms with van der Waals surface area (Å²) in [6.07, 6.45) is 3.12. The SMILES string of the molecule is Cc1ccc([C@H](C)NC(=O)C2CCC(CN(Cc3ccccc3Cl)S(=O)(=O)c3ccccc3)CC2)cc1. The Balaban J connectivity index is 1.40. The van der Waals surface area contributed by atoms with Gasteiger partial charge < -0.3 is 5.32 Å². The van der Waals surface area contributed by atoms with Crippen molar-refractivity contribution in [2.24, 2.45) is 11.8 Å². The molecule has 0 unspecified atom stereocenters. The molecule has 4 rings (SSSR count). The van der Waals surface area contributed by atoms with Crippen LogP contribution in [-0.2, 0) is 21.4 Å². The normalized spacial score (nSPS) is 18.9. The second-order valence-corrected chi connectivity index (χ2v) is 12.4. The zero-order chi connectivity index (χ0) is 26.4. The molecular formula is C30H35ClN2O3S. The third-order valence-electron chi connectivity index (χ3n) is 7.30. The van der Waals surface area contributed by atoms with Gasteiger partial charge in [0.25, 0.3) is 0 Å². The van der Waals surface area contributed by atoms with Gasteiger partial charge in [0.15, 0.2) is 0 Å². The minimum atomic E-state index is -3.70. The number of carbonyl (C=O) groups is 1. The van der Waals surface area contributed by atoms with E-state index in [-0.39, 0.29) is 35.2 Å². The molecule has 1 saturated carbocycles. The van der Waals surface area contributed by atoms with E-state index >= 15 is 0 Å². The summed E-state index contributed by atoms with van der Waals surface area (Å²) in [7, 11) is -3.70. The van der Waals surface area contributed by atoms with Crippen molar-refractivity contribution in [3.8, 4) is 0 Å². The Morgan fingerprint density at radius 1 is 0.946 bits per heavy atom. The van der Waals surface area contributed by atoms with Crippen LogP contribution < -0.4 is 5.32 Å². The van der Waals surface area contributed by atoms with E-state index in [4.69, 9.17) is 11.6 Å². The van der Waals surface area contributed by atoms with Crippen LogP contribution in [0.5, 0.6) is 0 Å². The summed E-state index contributed by atoms with van der Waals surface area (Å²) in [5.41, 5.74) is 3.06. The topological polar surface area (TPSA) is 66.5 Å². The third-order valence-corrected chi connectivity index (χ3v) is 9.50. The first-order valence-electron chi connectivity index (χ1n) is 12.9. The van der Waals surface area contributed by atoms with Gasteiger partial charge in [0.1, 0.15) is 0 Å². The number of nitrogens with one attached hydrogen (secondary N) is 1. The maximum absolute atomic E-state index is 13.6. The number of rotatable bonds is 9. The zero-order valence-electron chi connectivity index (χ0n) is 21.4. The van der Waals surface area contributed by atoms with Crippen molar-refractivity contribution in [2.45, 2.75) is 57.0 Å². The molecule has 1 aliphatic rings. The molecule has 1 fully saturated rings. The van der Waals surface area contributed by atoms with Crippen molar-refractivity contribution in [1.82, 2.24) is 9.62 Å².